The van der Waals surface area contributed by atoms with Crippen molar-refractivity contribution in [2.24, 2.45) is 0 Å². The molecule has 0 spiro atoms. The first-order valence-corrected chi connectivity index (χ1v) is 5.99. The van der Waals surface area contributed by atoms with Crippen LogP contribution in [-0.4, -0.2) is 35.6 Å². The number of halogens is 3. The molecule has 0 heterocycles. The average Bonchev–Trinajstić information content (AvgIpc) is 2.30. The molecule has 0 radical (unpaired) electrons. The Morgan fingerprint density at radius 2 is 2.05 bits per heavy atom. The maximum absolute atomic E-state index is 13.5. The Morgan fingerprint density at radius 3 is 2.58 bits per heavy atom. The van der Waals surface area contributed by atoms with Gasteiger partial charge in [0, 0.05) is 24.1 Å². The van der Waals surface area contributed by atoms with Gasteiger partial charge in [0.05, 0.1) is 12.1 Å². The van der Waals surface area contributed by atoms with Crippen LogP contribution in [0, 0.1) is 11.6 Å². The van der Waals surface area contributed by atoms with Gasteiger partial charge in [-0.15, -0.1) is 0 Å². The topological polar surface area (TPSA) is 69.6 Å². The quantitative estimate of drug-likeness (QED) is 0.888. The lowest BCUT2D eigenvalue weighted by molar-refractivity contribution is -0.137. The number of carbonyl (C=O) groups excluding carboxylic acids is 1. The number of anilines is 1. The van der Waals surface area contributed by atoms with E-state index in [9.17, 15) is 18.4 Å². The van der Waals surface area contributed by atoms with Crippen LogP contribution in [0.5, 0.6) is 0 Å². The lowest BCUT2D eigenvalue weighted by Gasteiger charge is -2.17. The van der Waals surface area contributed by atoms with Crippen LogP contribution < -0.4 is 5.32 Å². The number of nitrogens with one attached hydrogen (secondary N) is 1. The molecule has 0 fully saturated rings. The minimum atomic E-state index is -1.05. The highest BCUT2D eigenvalue weighted by atomic mass is 79.9. The van der Waals surface area contributed by atoms with E-state index in [4.69, 9.17) is 5.11 Å². The molecule has 104 valence electrons. The first-order valence-electron chi connectivity index (χ1n) is 5.19. The zero-order valence-electron chi connectivity index (χ0n) is 9.91. The van der Waals surface area contributed by atoms with E-state index in [1.165, 1.54) is 7.05 Å². The summed E-state index contributed by atoms with van der Waals surface area (Å²) in [6.45, 7) is -0.0262. The number of aliphatic carboxylic acids is 1. The Morgan fingerprint density at radius 1 is 1.42 bits per heavy atom. The summed E-state index contributed by atoms with van der Waals surface area (Å²) in [4.78, 5) is 23.1. The van der Waals surface area contributed by atoms with E-state index in [2.05, 4.69) is 21.2 Å². The van der Waals surface area contributed by atoms with Crippen molar-refractivity contribution in [3.8, 4) is 0 Å². The van der Waals surface area contributed by atoms with Gasteiger partial charge in [-0.3, -0.25) is 4.79 Å². The molecule has 19 heavy (non-hydrogen) atoms. The Kier molecular flexibility index (Phi) is 5.22. The maximum Gasteiger partial charge on any atom is 0.321 e. The number of carbonyl (C=O) groups is 2. The van der Waals surface area contributed by atoms with Gasteiger partial charge in [-0.25, -0.2) is 13.6 Å². The summed E-state index contributed by atoms with van der Waals surface area (Å²) < 4.78 is 26.4. The molecule has 8 heteroatoms. The minimum absolute atomic E-state index is 0.0262. The summed E-state index contributed by atoms with van der Waals surface area (Å²) in [6.07, 6.45) is -0.225. The Balaban J connectivity index is 2.74. The van der Waals surface area contributed by atoms with Crippen LogP contribution in [0.2, 0.25) is 0 Å². The minimum Gasteiger partial charge on any atom is -0.481 e. The molecule has 2 amide bonds. The van der Waals surface area contributed by atoms with E-state index >= 15 is 0 Å². The van der Waals surface area contributed by atoms with Crippen LogP contribution >= 0.6 is 15.9 Å². The third kappa shape index (κ3) is 4.47. The van der Waals surface area contributed by atoms with Crippen molar-refractivity contribution in [2.45, 2.75) is 6.42 Å². The summed E-state index contributed by atoms with van der Waals surface area (Å²) in [7, 11) is 1.37. The number of carboxylic acids is 1. The van der Waals surface area contributed by atoms with E-state index < -0.39 is 23.6 Å². The van der Waals surface area contributed by atoms with Crippen LogP contribution in [0.1, 0.15) is 6.42 Å². The van der Waals surface area contributed by atoms with Gasteiger partial charge in [0.1, 0.15) is 5.82 Å². The molecule has 1 aromatic carbocycles. The number of hydrogen-bond donors (Lipinski definition) is 2. The van der Waals surface area contributed by atoms with E-state index in [-0.39, 0.29) is 23.1 Å². The van der Waals surface area contributed by atoms with Crippen molar-refractivity contribution in [3.05, 3.63) is 28.2 Å². The SMILES string of the molecule is CN(CCC(=O)O)C(=O)Nc1c(F)cc(F)cc1Br. The van der Waals surface area contributed by atoms with E-state index in [1.807, 2.05) is 0 Å². The molecule has 0 aromatic heterocycles. The van der Waals surface area contributed by atoms with Gasteiger partial charge in [-0.1, -0.05) is 0 Å². The molecule has 0 bridgehead atoms. The average molecular weight is 337 g/mol. The highest BCUT2D eigenvalue weighted by molar-refractivity contribution is 9.10. The number of amides is 2. The molecule has 0 saturated heterocycles. The van der Waals surface area contributed by atoms with Crippen molar-refractivity contribution >= 4 is 33.6 Å². The van der Waals surface area contributed by atoms with Crippen molar-refractivity contribution in [2.75, 3.05) is 18.9 Å². The van der Waals surface area contributed by atoms with Gasteiger partial charge in [0.2, 0.25) is 0 Å². The second kappa shape index (κ2) is 6.46. The van der Waals surface area contributed by atoms with Gasteiger partial charge < -0.3 is 15.3 Å². The molecule has 0 saturated carbocycles. The highest BCUT2D eigenvalue weighted by Gasteiger charge is 2.15. The zero-order valence-corrected chi connectivity index (χ0v) is 11.5. The van der Waals surface area contributed by atoms with Crippen LogP contribution in [-0.2, 0) is 4.79 Å². The second-order valence-electron chi connectivity index (χ2n) is 3.74. The predicted octanol–water partition coefficient (Wildman–Crippen LogP) is 2.67. The first-order chi connectivity index (χ1) is 8.81. The fourth-order valence-corrected chi connectivity index (χ4v) is 1.74. The van der Waals surface area contributed by atoms with Crippen molar-refractivity contribution < 1.29 is 23.5 Å². The summed E-state index contributed by atoms with van der Waals surface area (Å²) in [5.74, 6) is -2.75. The molecular formula is C11H11BrF2N2O3. The van der Waals surface area contributed by atoms with E-state index in [0.29, 0.717) is 6.07 Å². The van der Waals surface area contributed by atoms with Gasteiger partial charge in [-0.05, 0) is 22.0 Å². The molecular weight excluding hydrogens is 326 g/mol. The largest absolute Gasteiger partial charge is 0.481 e. The summed E-state index contributed by atoms with van der Waals surface area (Å²) in [5.41, 5.74) is -0.200. The number of benzene rings is 1. The monoisotopic (exact) mass is 336 g/mol. The molecule has 0 atom stereocenters. The molecule has 1 rings (SSSR count). The molecule has 0 aliphatic rings. The fraction of sp³-hybridized carbons (Fsp3) is 0.273. The molecule has 0 aliphatic heterocycles. The molecule has 0 unspecified atom stereocenters. The normalized spacial score (nSPS) is 10.1. The molecule has 5 nitrogen and oxygen atoms in total. The standard InChI is InChI=1S/C11H11BrF2N2O3/c1-16(3-2-9(17)18)11(19)15-10-7(12)4-6(13)5-8(10)14/h4-5H,2-3H2,1H3,(H,15,19)(H,17,18). The predicted molar refractivity (Wildman–Crippen MR) is 68.0 cm³/mol. The number of nitrogens with zero attached hydrogens (tertiary/aromatic N) is 1. The lowest BCUT2D eigenvalue weighted by Crippen LogP contribution is -2.33. The van der Waals surface area contributed by atoms with Crippen LogP contribution in [0.25, 0.3) is 0 Å². The summed E-state index contributed by atoms with van der Waals surface area (Å²) in [5, 5.41) is 10.7. The third-order valence-corrected chi connectivity index (χ3v) is 2.87. The number of urea groups is 1. The number of hydrogen-bond acceptors (Lipinski definition) is 2. The second-order valence-corrected chi connectivity index (χ2v) is 4.59. The zero-order chi connectivity index (χ0) is 14.6. The van der Waals surface area contributed by atoms with Crippen molar-refractivity contribution in [1.29, 1.82) is 0 Å². The Bertz CT molecular complexity index is 488. The third-order valence-electron chi connectivity index (χ3n) is 2.25. The van der Waals surface area contributed by atoms with Crippen LogP contribution in [0.15, 0.2) is 16.6 Å². The number of rotatable bonds is 4. The fourth-order valence-electron chi connectivity index (χ4n) is 1.23. The van der Waals surface area contributed by atoms with Gasteiger partial charge in [0.25, 0.3) is 0 Å². The molecule has 2 N–H and O–H groups in total. The van der Waals surface area contributed by atoms with Gasteiger partial charge in [-0.2, -0.15) is 0 Å². The van der Waals surface area contributed by atoms with Crippen LogP contribution in [0.3, 0.4) is 0 Å². The lowest BCUT2D eigenvalue weighted by atomic mass is 10.3. The smallest absolute Gasteiger partial charge is 0.321 e. The van der Waals surface area contributed by atoms with E-state index in [0.717, 1.165) is 11.0 Å². The summed E-state index contributed by atoms with van der Waals surface area (Å²) >= 11 is 2.93. The maximum atomic E-state index is 13.5. The molecule has 0 aliphatic carbocycles. The van der Waals surface area contributed by atoms with Gasteiger partial charge in [0.15, 0.2) is 5.82 Å². The highest BCUT2D eigenvalue weighted by Crippen LogP contribution is 2.27. The molecule has 1 aromatic rings. The van der Waals surface area contributed by atoms with Crippen molar-refractivity contribution in [1.82, 2.24) is 4.90 Å². The first kappa shape index (κ1) is 15.4. The Hall–Kier alpha value is -1.70. The van der Waals surface area contributed by atoms with Gasteiger partial charge >= 0.3 is 12.0 Å². The number of carboxylic acid groups (broad SMARTS) is 1. The summed E-state index contributed by atoms with van der Waals surface area (Å²) in [6, 6.07) is 0.959. The van der Waals surface area contributed by atoms with E-state index in [1.54, 1.807) is 0 Å². The van der Waals surface area contributed by atoms with Crippen LogP contribution in [0.4, 0.5) is 19.3 Å². The van der Waals surface area contributed by atoms with Crippen molar-refractivity contribution in [3.63, 3.8) is 0 Å². The Labute approximate surface area is 116 Å².